The molecule has 8 heteroatoms. The second-order valence-electron chi connectivity index (χ2n) is 5.62. The van der Waals surface area contributed by atoms with Crippen molar-refractivity contribution < 1.29 is 8.42 Å². The van der Waals surface area contributed by atoms with Gasteiger partial charge in [-0.3, -0.25) is 9.40 Å². The standard InChI is InChI=1S/C16H19N5O2S/c1-11-16(13(3)21(18-11)14-8-6-5-7-9-14)24(22,23)19-15-10-17-20(4)12(15)2/h5-10,19H,1-4H3. The number of aryl methyl sites for hydroxylation is 2. The van der Waals surface area contributed by atoms with Gasteiger partial charge in [0.25, 0.3) is 10.0 Å². The lowest BCUT2D eigenvalue weighted by Crippen LogP contribution is -2.15. The van der Waals surface area contributed by atoms with Crippen molar-refractivity contribution in [1.82, 2.24) is 19.6 Å². The van der Waals surface area contributed by atoms with Gasteiger partial charge in [-0.05, 0) is 32.9 Å². The number of nitrogens with one attached hydrogen (secondary N) is 1. The summed E-state index contributed by atoms with van der Waals surface area (Å²) in [5.74, 6) is 0. The fourth-order valence-corrected chi connectivity index (χ4v) is 4.13. The maximum absolute atomic E-state index is 12.8. The number of benzene rings is 1. The van der Waals surface area contributed by atoms with Crippen LogP contribution in [0.2, 0.25) is 0 Å². The summed E-state index contributed by atoms with van der Waals surface area (Å²) < 4.78 is 31.6. The Morgan fingerprint density at radius 2 is 1.71 bits per heavy atom. The van der Waals surface area contributed by atoms with Gasteiger partial charge in [0, 0.05) is 7.05 Å². The fraction of sp³-hybridized carbons (Fsp3) is 0.250. The van der Waals surface area contributed by atoms with Gasteiger partial charge in [-0.2, -0.15) is 10.2 Å². The summed E-state index contributed by atoms with van der Waals surface area (Å²) >= 11 is 0. The van der Waals surface area contributed by atoms with E-state index in [9.17, 15) is 8.42 Å². The Balaban J connectivity index is 2.06. The van der Waals surface area contributed by atoms with Crippen molar-refractivity contribution in [2.24, 2.45) is 7.05 Å². The Labute approximate surface area is 141 Å². The third-order valence-electron chi connectivity index (χ3n) is 3.97. The van der Waals surface area contributed by atoms with E-state index in [2.05, 4.69) is 14.9 Å². The van der Waals surface area contributed by atoms with Crippen molar-refractivity contribution in [1.29, 1.82) is 0 Å². The Bertz CT molecular complexity index is 987. The van der Waals surface area contributed by atoms with Crippen molar-refractivity contribution in [3.8, 4) is 5.69 Å². The maximum Gasteiger partial charge on any atom is 0.265 e. The Hall–Kier alpha value is -2.61. The van der Waals surface area contributed by atoms with E-state index < -0.39 is 10.0 Å². The minimum absolute atomic E-state index is 0.189. The van der Waals surface area contributed by atoms with Gasteiger partial charge >= 0.3 is 0 Å². The number of para-hydroxylation sites is 1. The van der Waals surface area contributed by atoms with Gasteiger partial charge in [0.1, 0.15) is 4.90 Å². The predicted molar refractivity (Wildman–Crippen MR) is 91.8 cm³/mol. The molecule has 2 aromatic heterocycles. The highest BCUT2D eigenvalue weighted by atomic mass is 32.2. The minimum atomic E-state index is -3.76. The molecule has 1 N–H and O–H groups in total. The molecule has 0 fully saturated rings. The average Bonchev–Trinajstić information content (AvgIpc) is 3.01. The van der Waals surface area contributed by atoms with Crippen LogP contribution < -0.4 is 4.72 Å². The molecule has 0 atom stereocenters. The summed E-state index contributed by atoms with van der Waals surface area (Å²) in [6.45, 7) is 5.24. The van der Waals surface area contributed by atoms with Crippen LogP contribution in [0.15, 0.2) is 41.4 Å². The zero-order valence-corrected chi connectivity index (χ0v) is 14.8. The van der Waals surface area contributed by atoms with Crippen LogP contribution in [0.5, 0.6) is 0 Å². The van der Waals surface area contributed by atoms with Crippen LogP contribution in [0, 0.1) is 20.8 Å². The Morgan fingerprint density at radius 3 is 2.29 bits per heavy atom. The predicted octanol–water partition coefficient (Wildman–Crippen LogP) is 2.33. The van der Waals surface area contributed by atoms with E-state index in [4.69, 9.17) is 0 Å². The van der Waals surface area contributed by atoms with E-state index in [0.29, 0.717) is 17.1 Å². The smallest absolute Gasteiger partial charge is 0.265 e. The molecule has 24 heavy (non-hydrogen) atoms. The highest BCUT2D eigenvalue weighted by molar-refractivity contribution is 7.92. The van der Waals surface area contributed by atoms with Gasteiger partial charge in [0.05, 0.1) is 34.7 Å². The van der Waals surface area contributed by atoms with E-state index >= 15 is 0 Å². The summed E-state index contributed by atoms with van der Waals surface area (Å²) in [5, 5.41) is 8.45. The lowest BCUT2D eigenvalue weighted by Gasteiger charge is -2.08. The normalized spacial score (nSPS) is 11.7. The van der Waals surface area contributed by atoms with Gasteiger partial charge in [-0.1, -0.05) is 18.2 Å². The van der Waals surface area contributed by atoms with Gasteiger partial charge in [0.15, 0.2) is 0 Å². The molecule has 1 aromatic carbocycles. The van der Waals surface area contributed by atoms with Gasteiger partial charge in [-0.15, -0.1) is 0 Å². The largest absolute Gasteiger partial charge is 0.276 e. The second kappa shape index (κ2) is 5.79. The topological polar surface area (TPSA) is 81.8 Å². The molecule has 2 heterocycles. The first-order valence-electron chi connectivity index (χ1n) is 7.44. The quantitative estimate of drug-likeness (QED) is 0.787. The molecule has 3 rings (SSSR count). The maximum atomic E-state index is 12.8. The molecule has 0 radical (unpaired) electrons. The van der Waals surface area contributed by atoms with Gasteiger partial charge in [0.2, 0.25) is 0 Å². The van der Waals surface area contributed by atoms with Crippen LogP contribution >= 0.6 is 0 Å². The number of sulfonamides is 1. The van der Waals surface area contributed by atoms with E-state index in [0.717, 1.165) is 11.4 Å². The number of nitrogens with zero attached hydrogens (tertiary/aromatic N) is 4. The van der Waals surface area contributed by atoms with Crippen molar-refractivity contribution >= 4 is 15.7 Å². The fourth-order valence-electron chi connectivity index (χ4n) is 2.63. The average molecular weight is 345 g/mol. The molecular weight excluding hydrogens is 326 g/mol. The van der Waals surface area contributed by atoms with Crippen molar-refractivity contribution in [3.05, 3.63) is 53.6 Å². The van der Waals surface area contributed by atoms with Gasteiger partial charge < -0.3 is 0 Å². The molecule has 0 aliphatic heterocycles. The molecule has 0 unspecified atom stereocenters. The zero-order chi connectivity index (χ0) is 17.5. The van der Waals surface area contributed by atoms with Crippen molar-refractivity contribution in [2.75, 3.05) is 4.72 Å². The molecule has 0 saturated heterocycles. The molecule has 0 aliphatic rings. The summed E-state index contributed by atoms with van der Waals surface area (Å²) in [5.41, 5.74) is 3.03. The highest BCUT2D eigenvalue weighted by Gasteiger charge is 2.26. The molecule has 126 valence electrons. The number of aromatic nitrogens is 4. The number of hydrogen-bond donors (Lipinski definition) is 1. The SMILES string of the molecule is Cc1nn(-c2ccccc2)c(C)c1S(=O)(=O)Nc1cnn(C)c1C. The summed E-state index contributed by atoms with van der Waals surface area (Å²) in [6.07, 6.45) is 1.50. The molecule has 0 saturated carbocycles. The first-order chi connectivity index (χ1) is 11.3. The zero-order valence-electron chi connectivity index (χ0n) is 14.0. The molecule has 0 aliphatic carbocycles. The third-order valence-corrected chi connectivity index (χ3v) is 5.59. The minimum Gasteiger partial charge on any atom is -0.276 e. The number of anilines is 1. The molecule has 0 bridgehead atoms. The highest BCUT2D eigenvalue weighted by Crippen LogP contribution is 2.25. The Morgan fingerprint density at radius 1 is 1.04 bits per heavy atom. The van der Waals surface area contributed by atoms with Crippen LogP contribution in [-0.4, -0.2) is 28.0 Å². The van der Waals surface area contributed by atoms with E-state index in [-0.39, 0.29) is 4.90 Å². The molecule has 7 nitrogen and oxygen atoms in total. The van der Waals surface area contributed by atoms with Crippen molar-refractivity contribution in [3.63, 3.8) is 0 Å². The lowest BCUT2D eigenvalue weighted by atomic mass is 10.3. The van der Waals surface area contributed by atoms with Crippen LogP contribution in [0.3, 0.4) is 0 Å². The third kappa shape index (κ3) is 2.69. The van der Waals surface area contributed by atoms with E-state index in [1.165, 1.54) is 6.20 Å². The summed E-state index contributed by atoms with van der Waals surface area (Å²) in [6, 6.07) is 9.44. The van der Waals surface area contributed by atoms with E-state index in [1.807, 2.05) is 30.3 Å². The van der Waals surface area contributed by atoms with Crippen LogP contribution in [0.4, 0.5) is 5.69 Å². The monoisotopic (exact) mass is 345 g/mol. The molecule has 0 spiro atoms. The first-order valence-corrected chi connectivity index (χ1v) is 8.92. The second-order valence-corrected chi connectivity index (χ2v) is 7.24. The molecule has 3 aromatic rings. The van der Waals surface area contributed by atoms with Crippen LogP contribution in [0.1, 0.15) is 17.1 Å². The van der Waals surface area contributed by atoms with Crippen LogP contribution in [-0.2, 0) is 17.1 Å². The molecular formula is C16H19N5O2S. The molecule has 0 amide bonds. The number of hydrogen-bond acceptors (Lipinski definition) is 4. The number of rotatable bonds is 4. The lowest BCUT2D eigenvalue weighted by molar-refractivity contribution is 0.600. The summed E-state index contributed by atoms with van der Waals surface area (Å²) in [4.78, 5) is 0.189. The van der Waals surface area contributed by atoms with Crippen LogP contribution in [0.25, 0.3) is 5.69 Å². The Kier molecular flexibility index (Phi) is 3.92. The van der Waals surface area contributed by atoms with Crippen molar-refractivity contribution in [2.45, 2.75) is 25.7 Å². The van der Waals surface area contributed by atoms with Gasteiger partial charge in [-0.25, -0.2) is 13.1 Å². The first kappa shape index (κ1) is 16.3. The van der Waals surface area contributed by atoms with E-state index in [1.54, 1.807) is 37.2 Å². The summed E-state index contributed by atoms with van der Waals surface area (Å²) in [7, 11) is -2.00.